The normalized spacial score (nSPS) is 10.3. The van der Waals surface area contributed by atoms with Crippen LogP contribution < -0.4 is 16.8 Å². The van der Waals surface area contributed by atoms with Gasteiger partial charge in [-0.2, -0.15) is 0 Å². The van der Waals surface area contributed by atoms with Gasteiger partial charge in [0.15, 0.2) is 0 Å². The molecule has 2 rings (SSSR count). The molecule has 2 aromatic heterocycles. The maximum atomic E-state index is 11.7. The van der Waals surface area contributed by atoms with Crippen LogP contribution in [0.5, 0.6) is 0 Å². The Morgan fingerprint density at radius 3 is 3.11 bits per heavy atom. The van der Waals surface area contributed by atoms with Crippen molar-refractivity contribution in [1.29, 1.82) is 0 Å². The van der Waals surface area contributed by atoms with Crippen LogP contribution in [0.4, 0.5) is 0 Å². The zero-order valence-electron chi connectivity index (χ0n) is 9.09. The number of hydrogen-bond donors (Lipinski definition) is 2. The molecule has 0 radical (unpaired) electrons. The van der Waals surface area contributed by atoms with E-state index in [0.29, 0.717) is 15.8 Å². The highest BCUT2D eigenvalue weighted by molar-refractivity contribution is 9.10. The number of rotatable bonds is 3. The van der Waals surface area contributed by atoms with E-state index in [9.17, 15) is 9.59 Å². The van der Waals surface area contributed by atoms with E-state index in [4.69, 9.17) is 10.3 Å². The van der Waals surface area contributed by atoms with Crippen molar-refractivity contribution in [3.63, 3.8) is 0 Å². The number of nitrogens with zero attached hydrogens (tertiary/aromatic N) is 2. The Morgan fingerprint density at radius 1 is 1.61 bits per heavy atom. The molecule has 0 aliphatic rings. The molecule has 0 aliphatic heterocycles. The van der Waals surface area contributed by atoms with E-state index in [-0.39, 0.29) is 12.1 Å². The minimum atomic E-state index is -0.454. The van der Waals surface area contributed by atoms with Gasteiger partial charge in [-0.1, -0.05) is 0 Å². The van der Waals surface area contributed by atoms with Crippen LogP contribution in [0.1, 0.15) is 16.1 Å². The molecule has 8 heteroatoms. The summed E-state index contributed by atoms with van der Waals surface area (Å²) >= 11 is 3.09. The first-order valence-corrected chi connectivity index (χ1v) is 5.69. The third kappa shape index (κ3) is 2.49. The lowest BCUT2D eigenvalue weighted by Crippen LogP contribution is -2.29. The summed E-state index contributed by atoms with van der Waals surface area (Å²) in [5.41, 5.74) is 2.06. The van der Waals surface area contributed by atoms with Gasteiger partial charge in [0, 0.05) is 6.20 Å². The van der Waals surface area contributed by atoms with Crippen LogP contribution >= 0.6 is 15.9 Å². The second-order valence-electron chi connectivity index (χ2n) is 3.45. The maximum absolute atomic E-state index is 11.7. The zero-order valence-corrected chi connectivity index (χ0v) is 10.7. The van der Waals surface area contributed by atoms with E-state index in [2.05, 4.69) is 20.9 Å². The van der Waals surface area contributed by atoms with Gasteiger partial charge in [0.2, 0.25) is 0 Å². The minimum absolute atomic E-state index is 0.184. The number of hydrazine groups is 1. The summed E-state index contributed by atoms with van der Waals surface area (Å²) in [5, 5.41) is 0. The Morgan fingerprint density at radius 2 is 2.39 bits per heavy atom. The molecule has 0 fully saturated rings. The van der Waals surface area contributed by atoms with Crippen molar-refractivity contribution in [3.8, 4) is 0 Å². The van der Waals surface area contributed by atoms with Crippen LogP contribution in [0, 0.1) is 0 Å². The SMILES string of the molecule is NNC(=O)c1coc(Cn2cncc(Br)c2=O)c1. The Kier molecular flexibility index (Phi) is 3.58. The van der Waals surface area contributed by atoms with Crippen molar-refractivity contribution in [1.82, 2.24) is 15.0 Å². The van der Waals surface area contributed by atoms with Gasteiger partial charge in [-0.15, -0.1) is 0 Å². The van der Waals surface area contributed by atoms with Crippen LogP contribution in [-0.2, 0) is 6.54 Å². The first-order chi connectivity index (χ1) is 8.61. The highest BCUT2D eigenvalue weighted by Gasteiger charge is 2.10. The molecule has 0 saturated heterocycles. The van der Waals surface area contributed by atoms with Gasteiger partial charge in [-0.05, 0) is 22.0 Å². The molecule has 2 aromatic rings. The number of nitrogen functional groups attached to an aromatic ring is 1. The monoisotopic (exact) mass is 312 g/mol. The van der Waals surface area contributed by atoms with Gasteiger partial charge >= 0.3 is 0 Å². The fraction of sp³-hybridized carbons (Fsp3) is 0.100. The quantitative estimate of drug-likeness (QED) is 0.480. The Bertz CT molecular complexity index is 634. The molecular formula is C10H9BrN4O3. The second kappa shape index (κ2) is 5.15. The van der Waals surface area contributed by atoms with E-state index in [1.165, 1.54) is 29.4 Å². The number of nitrogens with two attached hydrogens (primary N) is 1. The van der Waals surface area contributed by atoms with Crippen LogP contribution in [-0.4, -0.2) is 15.5 Å². The highest BCUT2D eigenvalue weighted by Crippen LogP contribution is 2.09. The smallest absolute Gasteiger partial charge is 0.268 e. The van der Waals surface area contributed by atoms with E-state index < -0.39 is 5.91 Å². The molecule has 18 heavy (non-hydrogen) atoms. The van der Waals surface area contributed by atoms with Gasteiger partial charge < -0.3 is 4.42 Å². The summed E-state index contributed by atoms with van der Waals surface area (Å²) in [6.45, 7) is 0.184. The predicted molar refractivity (Wildman–Crippen MR) is 65.7 cm³/mol. The molecule has 2 heterocycles. The Hall–Kier alpha value is -1.93. The zero-order chi connectivity index (χ0) is 13.1. The summed E-state index contributed by atoms with van der Waals surface area (Å²) in [6, 6.07) is 1.51. The van der Waals surface area contributed by atoms with E-state index in [1.54, 1.807) is 0 Å². The lowest BCUT2D eigenvalue weighted by Gasteiger charge is -2.01. The summed E-state index contributed by atoms with van der Waals surface area (Å²) in [5.74, 6) is 5.00. The summed E-state index contributed by atoms with van der Waals surface area (Å²) < 4.78 is 6.88. The standard InChI is InChI=1S/C10H9BrN4O3/c11-8-2-13-5-15(10(8)17)3-7-1-6(4-18-7)9(16)14-12/h1-2,4-5H,3,12H2,(H,14,16). The topological polar surface area (TPSA) is 103 Å². The van der Waals surface area contributed by atoms with Gasteiger partial charge in [-0.25, -0.2) is 10.8 Å². The second-order valence-corrected chi connectivity index (χ2v) is 4.30. The fourth-order valence-corrected chi connectivity index (χ4v) is 1.72. The average Bonchev–Trinajstić information content (AvgIpc) is 2.82. The van der Waals surface area contributed by atoms with Crippen molar-refractivity contribution in [2.24, 2.45) is 5.84 Å². The lowest BCUT2D eigenvalue weighted by atomic mass is 10.3. The van der Waals surface area contributed by atoms with E-state index >= 15 is 0 Å². The summed E-state index contributed by atoms with van der Waals surface area (Å²) in [4.78, 5) is 26.8. The number of carbonyl (C=O) groups is 1. The van der Waals surface area contributed by atoms with Crippen LogP contribution in [0.25, 0.3) is 0 Å². The number of hydrogen-bond acceptors (Lipinski definition) is 5. The molecule has 7 nitrogen and oxygen atoms in total. The van der Waals surface area contributed by atoms with Crippen molar-refractivity contribution < 1.29 is 9.21 Å². The molecule has 3 N–H and O–H groups in total. The largest absolute Gasteiger partial charge is 0.467 e. The molecular weight excluding hydrogens is 304 g/mol. The summed E-state index contributed by atoms with van der Waals surface area (Å²) in [7, 11) is 0. The van der Waals surface area contributed by atoms with Gasteiger partial charge in [-0.3, -0.25) is 19.6 Å². The number of halogens is 1. The van der Waals surface area contributed by atoms with E-state index in [1.807, 2.05) is 5.43 Å². The highest BCUT2D eigenvalue weighted by atomic mass is 79.9. The van der Waals surface area contributed by atoms with Crippen LogP contribution in [0.3, 0.4) is 0 Å². The molecule has 0 bridgehead atoms. The number of aromatic nitrogens is 2. The third-order valence-corrected chi connectivity index (χ3v) is 2.78. The fourth-order valence-electron chi connectivity index (χ4n) is 1.37. The maximum Gasteiger partial charge on any atom is 0.268 e. The molecule has 1 amide bonds. The molecule has 94 valence electrons. The van der Waals surface area contributed by atoms with Crippen molar-refractivity contribution >= 4 is 21.8 Å². The van der Waals surface area contributed by atoms with Crippen molar-refractivity contribution in [3.05, 3.63) is 51.0 Å². The molecule has 0 saturated carbocycles. The summed E-state index contributed by atoms with van der Waals surface area (Å²) in [6.07, 6.45) is 4.07. The molecule has 0 aromatic carbocycles. The molecule has 0 atom stereocenters. The van der Waals surface area contributed by atoms with Gasteiger partial charge in [0.05, 0.1) is 18.4 Å². The molecule has 0 unspecified atom stereocenters. The predicted octanol–water partition coefficient (Wildman–Crippen LogP) is 0.251. The van der Waals surface area contributed by atoms with Crippen molar-refractivity contribution in [2.75, 3.05) is 0 Å². The lowest BCUT2D eigenvalue weighted by molar-refractivity contribution is 0.0953. The minimum Gasteiger partial charge on any atom is -0.467 e. The van der Waals surface area contributed by atoms with Crippen LogP contribution in [0.2, 0.25) is 0 Å². The molecule has 0 aliphatic carbocycles. The van der Waals surface area contributed by atoms with Crippen LogP contribution in [0.15, 0.2) is 38.5 Å². The molecule has 0 spiro atoms. The first kappa shape index (κ1) is 12.5. The average molecular weight is 313 g/mol. The van der Waals surface area contributed by atoms with E-state index in [0.717, 1.165) is 0 Å². The number of amides is 1. The first-order valence-electron chi connectivity index (χ1n) is 4.90. The number of carbonyl (C=O) groups excluding carboxylic acids is 1. The Balaban J connectivity index is 2.24. The number of nitrogens with one attached hydrogen (secondary N) is 1. The van der Waals surface area contributed by atoms with Crippen molar-refractivity contribution in [2.45, 2.75) is 6.54 Å². The Labute approximate surface area is 110 Å². The van der Waals surface area contributed by atoms with Gasteiger partial charge in [0.1, 0.15) is 16.5 Å². The van der Waals surface area contributed by atoms with Gasteiger partial charge in [0.25, 0.3) is 11.5 Å². The number of furan rings is 1. The third-order valence-electron chi connectivity index (χ3n) is 2.23.